The molecule has 6 heteroatoms. The molecule has 0 bridgehead atoms. The van der Waals surface area contributed by atoms with E-state index in [1.165, 1.54) is 0 Å². The minimum absolute atomic E-state index is 0.0857. The number of rotatable bonds is 14. The van der Waals surface area contributed by atoms with Crippen LogP contribution in [0.2, 0.25) is 0 Å². The summed E-state index contributed by atoms with van der Waals surface area (Å²) in [6.07, 6.45) is 8.45. The first-order chi connectivity index (χ1) is 12.9. The summed E-state index contributed by atoms with van der Waals surface area (Å²) in [5.74, 6) is -0.858. The molecule has 1 aliphatic carbocycles. The van der Waals surface area contributed by atoms with Gasteiger partial charge in [-0.3, -0.25) is 9.59 Å². The number of halogens is 1. The summed E-state index contributed by atoms with van der Waals surface area (Å²) in [4.78, 5) is 22.8. The molecule has 3 atom stereocenters. The summed E-state index contributed by atoms with van der Waals surface area (Å²) >= 11 is 3.41. The van der Waals surface area contributed by atoms with Gasteiger partial charge in [0.15, 0.2) is 0 Å². The van der Waals surface area contributed by atoms with E-state index in [-0.39, 0.29) is 30.5 Å². The molecule has 1 saturated carbocycles. The Morgan fingerprint density at radius 3 is 2.22 bits per heavy atom. The number of aliphatic hydroxyl groups is 2. The van der Waals surface area contributed by atoms with Gasteiger partial charge in [-0.25, -0.2) is 0 Å². The highest BCUT2D eigenvalue weighted by atomic mass is 79.9. The van der Waals surface area contributed by atoms with Crippen LogP contribution in [0.25, 0.3) is 0 Å². The lowest BCUT2D eigenvalue weighted by Gasteiger charge is -2.23. The number of alkyl halides is 1. The van der Waals surface area contributed by atoms with E-state index in [0.717, 1.165) is 55.8 Å². The Labute approximate surface area is 171 Å². The van der Waals surface area contributed by atoms with Crippen LogP contribution in [0.1, 0.15) is 84.0 Å². The molecule has 0 unspecified atom stereocenters. The van der Waals surface area contributed by atoms with Crippen LogP contribution < -0.4 is 0 Å². The maximum absolute atomic E-state index is 12.3. The molecule has 0 aromatic heterocycles. The van der Waals surface area contributed by atoms with E-state index in [9.17, 15) is 19.8 Å². The fraction of sp³-hybridized carbons (Fsp3) is 0.810. The smallest absolute Gasteiger partial charge is 0.303 e. The van der Waals surface area contributed by atoms with Gasteiger partial charge in [-0.05, 0) is 38.2 Å². The lowest BCUT2D eigenvalue weighted by molar-refractivity contribution is -0.137. The first-order valence-corrected chi connectivity index (χ1v) is 11.4. The molecule has 0 radical (unpaired) electrons. The standard InChI is InChI=1S/C21H35BrO5/c1-15(17(23)11-7-4-5-9-13-22)21-16(18(24)14-19(21)25)10-6-2-3-8-12-20(26)27/h16,19,21,23,25H,2-14H2,1H3,(H,26,27)/t16-,19-,21+/m1/s1. The Morgan fingerprint density at radius 2 is 1.59 bits per heavy atom. The molecule has 1 fully saturated rings. The highest BCUT2D eigenvalue weighted by molar-refractivity contribution is 9.09. The quantitative estimate of drug-likeness (QED) is 0.194. The van der Waals surface area contributed by atoms with Gasteiger partial charge in [-0.15, -0.1) is 0 Å². The number of aliphatic carboxylic acids is 1. The van der Waals surface area contributed by atoms with Crippen LogP contribution in [0.15, 0.2) is 11.3 Å². The first-order valence-electron chi connectivity index (χ1n) is 10.3. The van der Waals surface area contributed by atoms with Gasteiger partial charge >= 0.3 is 5.97 Å². The molecule has 156 valence electrons. The van der Waals surface area contributed by atoms with E-state index in [0.29, 0.717) is 25.0 Å². The number of allylic oxidation sites excluding steroid dienone is 1. The van der Waals surface area contributed by atoms with Crippen molar-refractivity contribution in [3.05, 3.63) is 11.3 Å². The van der Waals surface area contributed by atoms with Crippen molar-refractivity contribution < 1.29 is 24.9 Å². The van der Waals surface area contributed by atoms with Crippen LogP contribution in [0.3, 0.4) is 0 Å². The fourth-order valence-corrected chi connectivity index (χ4v) is 4.40. The van der Waals surface area contributed by atoms with E-state index in [1.54, 1.807) is 0 Å². The van der Waals surface area contributed by atoms with E-state index in [1.807, 2.05) is 6.92 Å². The van der Waals surface area contributed by atoms with Crippen molar-refractivity contribution in [2.75, 3.05) is 5.33 Å². The van der Waals surface area contributed by atoms with Gasteiger partial charge < -0.3 is 15.3 Å². The third-order valence-electron chi connectivity index (χ3n) is 5.58. The average Bonchev–Trinajstić information content (AvgIpc) is 2.90. The third kappa shape index (κ3) is 8.77. The zero-order chi connectivity index (χ0) is 20.2. The van der Waals surface area contributed by atoms with Crippen molar-refractivity contribution in [2.24, 2.45) is 11.8 Å². The monoisotopic (exact) mass is 446 g/mol. The summed E-state index contributed by atoms with van der Waals surface area (Å²) in [6.45, 7) is 1.85. The Kier molecular flexibility index (Phi) is 11.9. The van der Waals surface area contributed by atoms with E-state index >= 15 is 0 Å². The van der Waals surface area contributed by atoms with Crippen LogP contribution in [0.5, 0.6) is 0 Å². The van der Waals surface area contributed by atoms with Crippen molar-refractivity contribution in [2.45, 2.75) is 90.1 Å². The molecule has 27 heavy (non-hydrogen) atoms. The number of carbonyl (C=O) groups is 2. The van der Waals surface area contributed by atoms with Crippen molar-refractivity contribution >= 4 is 27.7 Å². The molecule has 1 aliphatic rings. The molecule has 0 heterocycles. The average molecular weight is 447 g/mol. The number of aliphatic hydroxyl groups excluding tert-OH is 2. The fourth-order valence-electron chi connectivity index (χ4n) is 4.01. The predicted octanol–water partition coefficient (Wildman–Crippen LogP) is 5.16. The van der Waals surface area contributed by atoms with Gasteiger partial charge in [0.25, 0.3) is 0 Å². The highest BCUT2D eigenvalue weighted by Gasteiger charge is 2.42. The molecular weight excluding hydrogens is 412 g/mol. The van der Waals surface area contributed by atoms with Crippen LogP contribution in [-0.2, 0) is 9.59 Å². The lowest BCUT2D eigenvalue weighted by atomic mass is 9.83. The molecular formula is C21H35BrO5. The second-order valence-electron chi connectivity index (χ2n) is 7.70. The number of carbonyl (C=O) groups excluding carboxylic acids is 1. The number of carboxylic acid groups (broad SMARTS) is 1. The van der Waals surface area contributed by atoms with Crippen LogP contribution >= 0.6 is 15.9 Å². The second-order valence-corrected chi connectivity index (χ2v) is 8.49. The molecule has 0 spiro atoms. The van der Waals surface area contributed by atoms with Crippen LogP contribution in [0, 0.1) is 11.8 Å². The largest absolute Gasteiger partial charge is 0.512 e. The minimum Gasteiger partial charge on any atom is -0.512 e. The zero-order valence-corrected chi connectivity index (χ0v) is 18.0. The predicted molar refractivity (Wildman–Crippen MR) is 110 cm³/mol. The molecule has 0 saturated heterocycles. The third-order valence-corrected chi connectivity index (χ3v) is 6.14. The van der Waals surface area contributed by atoms with Crippen molar-refractivity contribution in [3.63, 3.8) is 0 Å². The Balaban J connectivity index is 2.52. The first kappa shape index (κ1) is 24.2. The van der Waals surface area contributed by atoms with Gasteiger partial charge in [-0.1, -0.05) is 48.0 Å². The van der Waals surface area contributed by atoms with Crippen molar-refractivity contribution in [3.8, 4) is 0 Å². The summed E-state index contributed by atoms with van der Waals surface area (Å²) in [7, 11) is 0. The number of Topliss-reactive ketones (excluding diaryl/α,β-unsaturated/α-hetero) is 1. The van der Waals surface area contributed by atoms with E-state index < -0.39 is 12.1 Å². The Morgan fingerprint density at radius 1 is 1.00 bits per heavy atom. The molecule has 0 aliphatic heterocycles. The Bertz CT molecular complexity index is 503. The molecule has 3 N–H and O–H groups in total. The maximum Gasteiger partial charge on any atom is 0.303 e. The normalized spacial score (nSPS) is 23.5. The molecule has 1 rings (SSSR count). The Hall–Kier alpha value is -0.880. The van der Waals surface area contributed by atoms with Gasteiger partial charge in [0.05, 0.1) is 11.9 Å². The number of hydrogen-bond donors (Lipinski definition) is 3. The van der Waals surface area contributed by atoms with Crippen LogP contribution in [-0.4, -0.2) is 38.5 Å². The lowest BCUT2D eigenvalue weighted by Crippen LogP contribution is -2.23. The van der Waals surface area contributed by atoms with Crippen LogP contribution in [0.4, 0.5) is 0 Å². The van der Waals surface area contributed by atoms with Gasteiger partial charge in [0.2, 0.25) is 0 Å². The SMILES string of the molecule is CC(=C(O)CCCCCCBr)[C@@H]1[C@H](O)CC(=O)[C@H]1CCCCCCC(=O)O. The summed E-state index contributed by atoms with van der Waals surface area (Å²) in [5, 5.41) is 30.5. The zero-order valence-electron chi connectivity index (χ0n) is 16.5. The van der Waals surface area contributed by atoms with Crippen molar-refractivity contribution in [1.29, 1.82) is 0 Å². The van der Waals surface area contributed by atoms with Gasteiger partial charge in [-0.2, -0.15) is 0 Å². The summed E-state index contributed by atoms with van der Waals surface area (Å²) < 4.78 is 0. The molecule has 0 aromatic carbocycles. The highest BCUT2D eigenvalue weighted by Crippen LogP contribution is 2.39. The minimum atomic E-state index is -0.771. The van der Waals surface area contributed by atoms with Gasteiger partial charge in [0, 0.05) is 36.4 Å². The molecule has 0 aromatic rings. The van der Waals surface area contributed by atoms with Gasteiger partial charge in [0.1, 0.15) is 5.78 Å². The summed E-state index contributed by atoms with van der Waals surface area (Å²) in [6, 6.07) is 0. The topological polar surface area (TPSA) is 94.8 Å². The number of ketones is 1. The second kappa shape index (κ2) is 13.3. The van der Waals surface area contributed by atoms with Crippen molar-refractivity contribution in [1.82, 2.24) is 0 Å². The van der Waals surface area contributed by atoms with E-state index in [2.05, 4.69) is 15.9 Å². The molecule has 5 nitrogen and oxygen atoms in total. The van der Waals surface area contributed by atoms with E-state index in [4.69, 9.17) is 5.11 Å². The summed E-state index contributed by atoms with van der Waals surface area (Å²) in [5.41, 5.74) is 0.768. The molecule has 0 amide bonds. The number of hydrogen-bond acceptors (Lipinski definition) is 4. The number of unbranched alkanes of at least 4 members (excludes halogenated alkanes) is 6. The number of carboxylic acids is 1. The maximum atomic E-state index is 12.3.